The molecule has 2 rings (SSSR count). The Kier molecular flexibility index (Phi) is 6.21. The van der Waals surface area contributed by atoms with Gasteiger partial charge in [-0.3, -0.25) is 4.79 Å². The number of hydrogen-bond acceptors (Lipinski definition) is 4. The number of rotatable bonds is 7. The van der Waals surface area contributed by atoms with E-state index in [-0.39, 0.29) is 5.91 Å². The topological polar surface area (TPSA) is 51.2 Å². The van der Waals surface area contributed by atoms with Crippen LogP contribution in [0.5, 0.6) is 5.75 Å². The van der Waals surface area contributed by atoms with Crippen LogP contribution in [0, 0.1) is 5.92 Å². The first-order chi connectivity index (χ1) is 10.5. The Morgan fingerprint density at radius 3 is 2.77 bits per heavy atom. The average Bonchev–Trinajstić information content (AvgIpc) is 2.92. The lowest BCUT2D eigenvalue weighted by Gasteiger charge is -2.06. The third kappa shape index (κ3) is 5.66. The van der Waals surface area contributed by atoms with Gasteiger partial charge in [0.25, 0.3) is 0 Å². The van der Waals surface area contributed by atoms with Crippen LogP contribution in [0.15, 0.2) is 29.6 Å². The summed E-state index contributed by atoms with van der Waals surface area (Å²) < 4.78 is 5.63. The SMILES string of the molecule is CC(C)CNC(=O)Cc1csc(COc2ccc(Cl)cc2)n1. The molecule has 0 aliphatic heterocycles. The zero-order chi connectivity index (χ0) is 15.9. The minimum atomic E-state index is 0.00386. The molecule has 0 radical (unpaired) electrons. The summed E-state index contributed by atoms with van der Waals surface area (Å²) in [6.07, 6.45) is 0.310. The lowest BCUT2D eigenvalue weighted by molar-refractivity contribution is -0.120. The lowest BCUT2D eigenvalue weighted by Crippen LogP contribution is -2.28. The fourth-order valence-electron chi connectivity index (χ4n) is 1.72. The molecule has 1 aromatic heterocycles. The van der Waals surface area contributed by atoms with Crippen LogP contribution in [-0.4, -0.2) is 17.4 Å². The van der Waals surface area contributed by atoms with Gasteiger partial charge in [-0.2, -0.15) is 0 Å². The molecular weight excluding hydrogens is 320 g/mol. The van der Waals surface area contributed by atoms with E-state index in [1.807, 2.05) is 17.5 Å². The first-order valence-corrected chi connectivity index (χ1v) is 8.37. The largest absolute Gasteiger partial charge is 0.486 e. The summed E-state index contributed by atoms with van der Waals surface area (Å²) in [4.78, 5) is 16.2. The minimum absolute atomic E-state index is 0.00386. The van der Waals surface area contributed by atoms with E-state index in [2.05, 4.69) is 24.1 Å². The van der Waals surface area contributed by atoms with E-state index in [1.54, 1.807) is 12.1 Å². The molecule has 0 saturated carbocycles. The quantitative estimate of drug-likeness (QED) is 0.837. The van der Waals surface area contributed by atoms with Crippen molar-refractivity contribution in [2.75, 3.05) is 6.54 Å². The molecule has 0 aliphatic rings. The molecule has 0 bridgehead atoms. The van der Waals surface area contributed by atoms with Crippen LogP contribution in [0.4, 0.5) is 0 Å². The Morgan fingerprint density at radius 1 is 1.36 bits per heavy atom. The van der Waals surface area contributed by atoms with Gasteiger partial charge < -0.3 is 10.1 Å². The first kappa shape index (κ1) is 16.8. The molecule has 4 nitrogen and oxygen atoms in total. The second-order valence-corrected chi connectivity index (χ2v) is 6.73. The maximum Gasteiger partial charge on any atom is 0.226 e. The van der Waals surface area contributed by atoms with Crippen molar-refractivity contribution in [3.8, 4) is 5.75 Å². The van der Waals surface area contributed by atoms with Crippen molar-refractivity contribution in [1.29, 1.82) is 0 Å². The van der Waals surface area contributed by atoms with E-state index in [0.717, 1.165) is 16.5 Å². The number of carbonyl (C=O) groups excluding carboxylic acids is 1. The van der Waals surface area contributed by atoms with Gasteiger partial charge in [0.1, 0.15) is 17.4 Å². The fourth-order valence-corrected chi connectivity index (χ4v) is 2.55. The van der Waals surface area contributed by atoms with Gasteiger partial charge in [-0.15, -0.1) is 11.3 Å². The molecule has 0 spiro atoms. The molecule has 0 atom stereocenters. The molecule has 22 heavy (non-hydrogen) atoms. The highest BCUT2D eigenvalue weighted by molar-refractivity contribution is 7.09. The average molecular weight is 339 g/mol. The maximum atomic E-state index is 11.7. The van der Waals surface area contributed by atoms with Gasteiger partial charge in [0.15, 0.2) is 0 Å². The summed E-state index contributed by atoms with van der Waals surface area (Å²) in [5.74, 6) is 1.20. The van der Waals surface area contributed by atoms with E-state index >= 15 is 0 Å². The van der Waals surface area contributed by atoms with Crippen LogP contribution in [0.25, 0.3) is 0 Å². The standard InChI is InChI=1S/C16H19ClN2O2S/c1-11(2)8-18-15(20)7-13-10-22-16(19-13)9-21-14-5-3-12(17)4-6-14/h3-6,10-11H,7-9H2,1-2H3,(H,18,20). The summed E-state index contributed by atoms with van der Waals surface area (Å²) >= 11 is 7.32. The molecule has 0 unspecified atom stereocenters. The third-order valence-electron chi connectivity index (χ3n) is 2.82. The third-order valence-corrected chi connectivity index (χ3v) is 3.95. The van der Waals surface area contributed by atoms with Gasteiger partial charge in [-0.05, 0) is 30.2 Å². The Hall–Kier alpha value is -1.59. The van der Waals surface area contributed by atoms with Crippen molar-refractivity contribution < 1.29 is 9.53 Å². The van der Waals surface area contributed by atoms with E-state index in [0.29, 0.717) is 30.5 Å². The molecule has 1 N–H and O–H groups in total. The Balaban J connectivity index is 1.81. The summed E-state index contributed by atoms with van der Waals surface area (Å²) in [5.41, 5.74) is 0.779. The molecule has 0 saturated heterocycles. The highest BCUT2D eigenvalue weighted by Gasteiger charge is 2.08. The molecule has 0 fully saturated rings. The van der Waals surface area contributed by atoms with E-state index < -0.39 is 0 Å². The van der Waals surface area contributed by atoms with Crippen LogP contribution in [-0.2, 0) is 17.8 Å². The molecular formula is C16H19ClN2O2S. The second kappa shape index (κ2) is 8.15. The van der Waals surface area contributed by atoms with Gasteiger partial charge >= 0.3 is 0 Å². The predicted octanol–water partition coefficient (Wildman–Crippen LogP) is 3.69. The number of benzene rings is 1. The van der Waals surface area contributed by atoms with Crippen LogP contribution in [0.2, 0.25) is 5.02 Å². The molecule has 118 valence electrons. The summed E-state index contributed by atoms with van der Waals surface area (Å²) in [6, 6.07) is 7.19. The normalized spacial score (nSPS) is 10.7. The van der Waals surface area contributed by atoms with Crippen molar-refractivity contribution in [3.63, 3.8) is 0 Å². The van der Waals surface area contributed by atoms with Crippen molar-refractivity contribution in [1.82, 2.24) is 10.3 Å². The van der Waals surface area contributed by atoms with Gasteiger partial charge in [0, 0.05) is 16.9 Å². The highest BCUT2D eigenvalue weighted by atomic mass is 35.5. The fraction of sp³-hybridized carbons (Fsp3) is 0.375. The first-order valence-electron chi connectivity index (χ1n) is 7.11. The van der Waals surface area contributed by atoms with Crippen LogP contribution >= 0.6 is 22.9 Å². The second-order valence-electron chi connectivity index (χ2n) is 5.35. The van der Waals surface area contributed by atoms with E-state index in [1.165, 1.54) is 11.3 Å². The number of thiazole rings is 1. The number of halogens is 1. The minimum Gasteiger partial charge on any atom is -0.486 e. The molecule has 6 heteroatoms. The molecule has 1 heterocycles. The summed E-state index contributed by atoms with van der Waals surface area (Å²) in [6.45, 7) is 5.21. The van der Waals surface area contributed by atoms with E-state index in [9.17, 15) is 4.79 Å². The molecule has 2 aromatic rings. The van der Waals surface area contributed by atoms with Crippen molar-refractivity contribution >= 4 is 28.8 Å². The summed E-state index contributed by atoms with van der Waals surface area (Å²) in [7, 11) is 0. The van der Waals surface area contributed by atoms with E-state index in [4.69, 9.17) is 16.3 Å². The number of nitrogens with one attached hydrogen (secondary N) is 1. The zero-order valence-corrected chi connectivity index (χ0v) is 14.2. The predicted molar refractivity (Wildman–Crippen MR) is 89.4 cm³/mol. The lowest BCUT2D eigenvalue weighted by atomic mass is 10.2. The smallest absolute Gasteiger partial charge is 0.226 e. The maximum absolute atomic E-state index is 11.7. The van der Waals surface area contributed by atoms with Gasteiger partial charge in [-0.1, -0.05) is 25.4 Å². The number of ether oxygens (including phenoxy) is 1. The van der Waals surface area contributed by atoms with Gasteiger partial charge in [0.05, 0.1) is 12.1 Å². The van der Waals surface area contributed by atoms with Crippen LogP contribution in [0.1, 0.15) is 24.5 Å². The number of nitrogens with zero attached hydrogens (tertiary/aromatic N) is 1. The molecule has 1 aromatic carbocycles. The Labute approximate surface area is 139 Å². The molecule has 1 amide bonds. The van der Waals surface area contributed by atoms with Crippen LogP contribution < -0.4 is 10.1 Å². The van der Waals surface area contributed by atoms with Crippen molar-refractivity contribution in [3.05, 3.63) is 45.4 Å². The highest BCUT2D eigenvalue weighted by Crippen LogP contribution is 2.18. The van der Waals surface area contributed by atoms with Gasteiger partial charge in [-0.25, -0.2) is 4.98 Å². The zero-order valence-electron chi connectivity index (χ0n) is 12.6. The monoisotopic (exact) mass is 338 g/mol. The van der Waals surface area contributed by atoms with Crippen molar-refractivity contribution in [2.45, 2.75) is 26.9 Å². The number of amides is 1. The number of carbonyl (C=O) groups is 1. The van der Waals surface area contributed by atoms with Gasteiger partial charge in [0.2, 0.25) is 5.91 Å². The molecule has 0 aliphatic carbocycles. The number of hydrogen-bond donors (Lipinski definition) is 1. The van der Waals surface area contributed by atoms with Crippen LogP contribution in [0.3, 0.4) is 0 Å². The number of aromatic nitrogens is 1. The summed E-state index contributed by atoms with van der Waals surface area (Å²) in [5, 5.41) is 6.31. The Morgan fingerprint density at radius 2 is 2.09 bits per heavy atom. The Bertz CT molecular complexity index is 611. The van der Waals surface area contributed by atoms with Crippen molar-refractivity contribution in [2.24, 2.45) is 5.92 Å².